The van der Waals surface area contributed by atoms with E-state index in [0.717, 1.165) is 31.2 Å². The number of halogens is 1. The molecule has 2 aromatic rings. The van der Waals surface area contributed by atoms with Crippen molar-refractivity contribution in [3.05, 3.63) is 65.2 Å². The molecule has 3 rings (SSSR count). The Bertz CT molecular complexity index is 822. The Morgan fingerprint density at radius 2 is 1.76 bits per heavy atom. The van der Waals surface area contributed by atoms with Crippen LogP contribution in [0.4, 0.5) is 0 Å². The second kappa shape index (κ2) is 10.3. The van der Waals surface area contributed by atoms with E-state index < -0.39 is 6.04 Å². The van der Waals surface area contributed by atoms with Crippen LogP contribution in [-0.4, -0.2) is 35.4 Å². The van der Waals surface area contributed by atoms with Gasteiger partial charge in [0.2, 0.25) is 5.91 Å². The molecule has 0 unspecified atom stereocenters. The third-order valence-corrected chi connectivity index (χ3v) is 5.56. The van der Waals surface area contributed by atoms with E-state index in [4.69, 9.17) is 16.3 Å². The Morgan fingerprint density at radius 1 is 1.10 bits per heavy atom. The SMILES string of the molecule is C[C@@H](C(=O)NC1CCCC1)N(Cc1ccccc1)C(=O)COc1ccccc1Cl. The van der Waals surface area contributed by atoms with Crippen molar-refractivity contribution in [1.29, 1.82) is 0 Å². The van der Waals surface area contributed by atoms with Crippen molar-refractivity contribution in [3.8, 4) is 5.75 Å². The molecule has 1 fully saturated rings. The van der Waals surface area contributed by atoms with Gasteiger partial charge in [0, 0.05) is 12.6 Å². The van der Waals surface area contributed by atoms with E-state index >= 15 is 0 Å². The highest BCUT2D eigenvalue weighted by atomic mass is 35.5. The van der Waals surface area contributed by atoms with Crippen LogP contribution >= 0.6 is 11.6 Å². The highest BCUT2D eigenvalue weighted by molar-refractivity contribution is 6.32. The molecule has 0 spiro atoms. The van der Waals surface area contributed by atoms with Gasteiger partial charge in [-0.25, -0.2) is 0 Å². The smallest absolute Gasteiger partial charge is 0.261 e. The van der Waals surface area contributed by atoms with Gasteiger partial charge in [-0.3, -0.25) is 9.59 Å². The summed E-state index contributed by atoms with van der Waals surface area (Å²) in [5.41, 5.74) is 0.958. The van der Waals surface area contributed by atoms with Gasteiger partial charge in [-0.15, -0.1) is 0 Å². The van der Waals surface area contributed by atoms with Crippen LogP contribution in [0.1, 0.15) is 38.2 Å². The summed E-state index contributed by atoms with van der Waals surface area (Å²) in [5, 5.41) is 3.53. The normalized spacial score (nSPS) is 15.0. The number of rotatable bonds is 8. The fourth-order valence-electron chi connectivity index (χ4n) is 3.54. The number of nitrogens with zero attached hydrogens (tertiary/aromatic N) is 1. The quantitative estimate of drug-likeness (QED) is 0.704. The van der Waals surface area contributed by atoms with Crippen molar-refractivity contribution in [2.75, 3.05) is 6.61 Å². The van der Waals surface area contributed by atoms with Gasteiger partial charge in [0.1, 0.15) is 11.8 Å². The number of nitrogens with one attached hydrogen (secondary N) is 1. The molecule has 154 valence electrons. The molecule has 0 aromatic heterocycles. The van der Waals surface area contributed by atoms with Crippen LogP contribution in [0.25, 0.3) is 0 Å². The van der Waals surface area contributed by atoms with Gasteiger partial charge in [0.15, 0.2) is 6.61 Å². The lowest BCUT2D eigenvalue weighted by Gasteiger charge is -2.29. The van der Waals surface area contributed by atoms with E-state index in [1.807, 2.05) is 30.3 Å². The largest absolute Gasteiger partial charge is 0.482 e. The molecule has 29 heavy (non-hydrogen) atoms. The molecular weight excluding hydrogens is 388 g/mol. The first-order valence-electron chi connectivity index (χ1n) is 10.1. The van der Waals surface area contributed by atoms with Gasteiger partial charge in [-0.1, -0.05) is 66.9 Å². The third kappa shape index (κ3) is 5.97. The van der Waals surface area contributed by atoms with Crippen LogP contribution in [0.15, 0.2) is 54.6 Å². The van der Waals surface area contributed by atoms with Gasteiger partial charge in [0.25, 0.3) is 5.91 Å². The minimum absolute atomic E-state index is 0.126. The Kier molecular flexibility index (Phi) is 7.53. The van der Waals surface area contributed by atoms with E-state index in [1.165, 1.54) is 0 Å². The molecule has 1 aliphatic rings. The van der Waals surface area contributed by atoms with E-state index in [-0.39, 0.29) is 24.5 Å². The molecule has 1 saturated carbocycles. The molecule has 6 heteroatoms. The summed E-state index contributed by atoms with van der Waals surface area (Å²) in [6.07, 6.45) is 4.27. The van der Waals surface area contributed by atoms with Gasteiger partial charge < -0.3 is 15.0 Å². The van der Waals surface area contributed by atoms with Crippen LogP contribution in [-0.2, 0) is 16.1 Å². The molecule has 0 radical (unpaired) electrons. The van der Waals surface area contributed by atoms with Crippen LogP contribution < -0.4 is 10.1 Å². The van der Waals surface area contributed by atoms with Crippen molar-refractivity contribution in [2.24, 2.45) is 0 Å². The fraction of sp³-hybridized carbons (Fsp3) is 0.391. The van der Waals surface area contributed by atoms with Crippen molar-refractivity contribution < 1.29 is 14.3 Å². The van der Waals surface area contributed by atoms with Gasteiger partial charge in [-0.05, 0) is 37.5 Å². The standard InChI is InChI=1S/C23H27ClN2O3/c1-17(23(28)25-19-11-5-6-12-19)26(15-18-9-3-2-4-10-18)22(27)16-29-21-14-8-7-13-20(21)24/h2-4,7-10,13-14,17,19H,5-6,11-12,15-16H2,1H3,(H,25,28)/t17-/m0/s1. The molecule has 0 heterocycles. The lowest BCUT2D eigenvalue weighted by atomic mass is 10.1. The van der Waals surface area contributed by atoms with Crippen LogP contribution in [0, 0.1) is 0 Å². The second-order valence-corrected chi connectivity index (χ2v) is 7.80. The maximum Gasteiger partial charge on any atom is 0.261 e. The average Bonchev–Trinajstić information content (AvgIpc) is 3.24. The summed E-state index contributed by atoms with van der Waals surface area (Å²) in [5.74, 6) is 0.0620. The first kappa shape index (κ1) is 21.2. The Morgan fingerprint density at radius 3 is 2.45 bits per heavy atom. The zero-order valence-electron chi connectivity index (χ0n) is 16.6. The zero-order chi connectivity index (χ0) is 20.6. The fourth-order valence-corrected chi connectivity index (χ4v) is 3.73. The summed E-state index contributed by atoms with van der Waals surface area (Å²) in [6.45, 7) is 1.92. The maximum atomic E-state index is 13.0. The first-order chi connectivity index (χ1) is 14.0. The Balaban J connectivity index is 1.69. The lowest BCUT2D eigenvalue weighted by molar-refractivity contribution is -0.142. The minimum Gasteiger partial charge on any atom is -0.482 e. The predicted molar refractivity (Wildman–Crippen MR) is 114 cm³/mol. The molecule has 1 N–H and O–H groups in total. The number of amides is 2. The maximum absolute atomic E-state index is 13.0. The summed E-state index contributed by atoms with van der Waals surface area (Å²) >= 11 is 6.11. The van der Waals surface area contributed by atoms with Crippen molar-refractivity contribution in [2.45, 2.75) is 51.2 Å². The first-order valence-corrected chi connectivity index (χ1v) is 10.4. The molecule has 1 atom stereocenters. The van der Waals surface area contributed by atoms with Crippen molar-refractivity contribution >= 4 is 23.4 Å². The van der Waals surface area contributed by atoms with Crippen LogP contribution in [0.5, 0.6) is 5.75 Å². The van der Waals surface area contributed by atoms with E-state index in [9.17, 15) is 9.59 Å². The van der Waals surface area contributed by atoms with E-state index in [2.05, 4.69) is 5.32 Å². The lowest BCUT2D eigenvalue weighted by Crippen LogP contribution is -2.50. The summed E-state index contributed by atoms with van der Waals surface area (Å²) in [6, 6.07) is 16.3. The zero-order valence-corrected chi connectivity index (χ0v) is 17.4. The average molecular weight is 415 g/mol. The second-order valence-electron chi connectivity index (χ2n) is 7.39. The summed E-state index contributed by atoms with van der Waals surface area (Å²) in [7, 11) is 0. The highest BCUT2D eigenvalue weighted by Crippen LogP contribution is 2.23. The predicted octanol–water partition coefficient (Wildman–Crippen LogP) is 4.19. The number of hydrogen-bond donors (Lipinski definition) is 1. The number of benzene rings is 2. The minimum atomic E-state index is -0.599. The van der Waals surface area contributed by atoms with E-state index in [0.29, 0.717) is 17.3 Å². The number of carbonyl (C=O) groups is 2. The van der Waals surface area contributed by atoms with E-state index in [1.54, 1.807) is 36.1 Å². The molecular formula is C23H27ClN2O3. The molecule has 1 aliphatic carbocycles. The van der Waals surface area contributed by atoms with Gasteiger partial charge in [-0.2, -0.15) is 0 Å². The Hall–Kier alpha value is -2.53. The molecule has 0 saturated heterocycles. The highest BCUT2D eigenvalue weighted by Gasteiger charge is 2.28. The van der Waals surface area contributed by atoms with Crippen LogP contribution in [0.2, 0.25) is 5.02 Å². The monoisotopic (exact) mass is 414 g/mol. The Labute approximate surface area is 177 Å². The summed E-state index contributed by atoms with van der Waals surface area (Å²) < 4.78 is 5.63. The summed E-state index contributed by atoms with van der Waals surface area (Å²) in [4.78, 5) is 27.4. The number of carbonyl (C=O) groups excluding carboxylic acids is 2. The van der Waals surface area contributed by atoms with Crippen molar-refractivity contribution in [3.63, 3.8) is 0 Å². The molecule has 0 bridgehead atoms. The molecule has 2 aromatic carbocycles. The van der Waals surface area contributed by atoms with Crippen molar-refractivity contribution in [1.82, 2.24) is 10.2 Å². The topological polar surface area (TPSA) is 58.6 Å². The van der Waals surface area contributed by atoms with Gasteiger partial charge in [0.05, 0.1) is 5.02 Å². The number of hydrogen-bond acceptors (Lipinski definition) is 3. The molecule has 5 nitrogen and oxygen atoms in total. The molecule has 0 aliphatic heterocycles. The third-order valence-electron chi connectivity index (χ3n) is 5.25. The number of ether oxygens (including phenoxy) is 1. The van der Waals surface area contributed by atoms with Gasteiger partial charge >= 0.3 is 0 Å². The molecule has 2 amide bonds. The number of para-hydroxylation sites is 1. The van der Waals surface area contributed by atoms with Crippen LogP contribution in [0.3, 0.4) is 0 Å².